The highest BCUT2D eigenvalue weighted by atomic mass is 16.2. The Morgan fingerprint density at radius 2 is 1.40 bits per heavy atom. The van der Waals surface area contributed by atoms with E-state index in [4.69, 9.17) is 0 Å². The summed E-state index contributed by atoms with van der Waals surface area (Å²) in [6, 6.07) is 24.5. The summed E-state index contributed by atoms with van der Waals surface area (Å²) in [5, 5.41) is 11.4. The minimum atomic E-state index is -0.467. The number of hydrogen-bond acceptors (Lipinski definition) is 7. The highest BCUT2D eigenvalue weighted by Crippen LogP contribution is 2.49. The molecule has 3 aliphatic rings. The number of nitrogens with one attached hydrogen (secondary N) is 4. The molecule has 0 bridgehead atoms. The molecule has 1 saturated heterocycles. The first kappa shape index (κ1) is 46.7. The SMILES string of the molecule is Cc1ccc(C(=O)NCCCCCCCCCCC(=O)Nc2ccc(CNC(=O)c3ccc4n3CCN(Cc3ccc(C(=O)N(C)C)cc3)C43CCC3)cc2)cc1N1CCC(=O)NC1=O. The molecule has 1 aromatic heterocycles. The summed E-state index contributed by atoms with van der Waals surface area (Å²) in [5.41, 5.74) is 7.34. The summed E-state index contributed by atoms with van der Waals surface area (Å²) in [6.07, 6.45) is 12.1. The average Bonchev–Trinajstić information content (AvgIpc) is 3.72. The second kappa shape index (κ2) is 21.6. The fraction of sp³-hybridized carbons (Fsp3) is 0.451. The van der Waals surface area contributed by atoms with Gasteiger partial charge >= 0.3 is 6.03 Å². The Labute approximate surface area is 382 Å². The van der Waals surface area contributed by atoms with Gasteiger partial charge in [0.2, 0.25) is 11.8 Å². The first-order valence-electron chi connectivity index (χ1n) is 23.3. The van der Waals surface area contributed by atoms with E-state index in [-0.39, 0.29) is 48.0 Å². The number of hydrogen-bond donors (Lipinski definition) is 4. The van der Waals surface area contributed by atoms with Crippen LogP contribution >= 0.6 is 0 Å². The van der Waals surface area contributed by atoms with Crippen LogP contribution < -0.4 is 26.2 Å². The standard InChI is InChI=1S/C51H64N8O6/c1-36-14-19-40(33-43(36)59-30-26-46(61)55-50(59)65)47(62)52-29-11-9-7-5-4-6-8-10-13-45(60)54-41-22-17-37(18-23-41)34-53-48(63)42-24-25-44-51(27-12-28-51)57(31-32-58(42)44)35-38-15-20-39(21-16-38)49(64)56(2)3/h14-25,33H,4-13,26-32,34-35H2,1-3H3,(H,52,62)(H,53,63)(H,54,60)(H,55,61,65). The number of benzene rings is 3. The minimum absolute atomic E-state index is 0.00122. The van der Waals surface area contributed by atoms with E-state index in [0.717, 1.165) is 107 Å². The molecule has 4 N–H and O–H groups in total. The molecule has 0 radical (unpaired) electrons. The molecule has 4 aromatic rings. The van der Waals surface area contributed by atoms with Crippen molar-refractivity contribution in [2.24, 2.45) is 0 Å². The maximum Gasteiger partial charge on any atom is 0.328 e. The molecule has 7 rings (SSSR count). The molecule has 1 aliphatic carbocycles. The van der Waals surface area contributed by atoms with Crippen molar-refractivity contribution in [1.29, 1.82) is 0 Å². The van der Waals surface area contributed by atoms with E-state index < -0.39 is 6.03 Å². The average molecular weight is 885 g/mol. The molecule has 14 nitrogen and oxygen atoms in total. The number of fused-ring (bicyclic) bond motifs is 2. The first-order valence-corrected chi connectivity index (χ1v) is 23.3. The summed E-state index contributed by atoms with van der Waals surface area (Å²) in [6.45, 7) is 5.50. The Hall–Kier alpha value is -6.28. The van der Waals surface area contributed by atoms with Gasteiger partial charge in [0, 0.05) is 94.4 Å². The number of urea groups is 1. The number of rotatable bonds is 20. The fourth-order valence-corrected chi connectivity index (χ4v) is 9.27. The van der Waals surface area contributed by atoms with Crippen LogP contribution in [-0.2, 0) is 34.8 Å². The third-order valence-corrected chi connectivity index (χ3v) is 13.2. The van der Waals surface area contributed by atoms with Gasteiger partial charge in [0.25, 0.3) is 17.7 Å². The molecule has 2 aliphatic heterocycles. The van der Waals surface area contributed by atoms with Gasteiger partial charge < -0.3 is 25.4 Å². The maximum absolute atomic E-state index is 13.5. The van der Waals surface area contributed by atoms with Gasteiger partial charge in [-0.05, 0) is 104 Å². The quantitative estimate of drug-likeness (QED) is 0.0663. The zero-order valence-electron chi connectivity index (χ0n) is 38.2. The van der Waals surface area contributed by atoms with E-state index in [1.165, 1.54) is 16.2 Å². The number of imide groups is 1. The molecule has 344 valence electrons. The number of nitrogens with zero attached hydrogens (tertiary/aromatic N) is 4. The number of carbonyl (C=O) groups excluding carboxylic acids is 6. The Morgan fingerprint density at radius 1 is 0.723 bits per heavy atom. The molecule has 1 saturated carbocycles. The molecule has 0 unspecified atom stereocenters. The van der Waals surface area contributed by atoms with Gasteiger partial charge in [-0.25, -0.2) is 4.79 Å². The molecule has 1 spiro atoms. The van der Waals surface area contributed by atoms with Gasteiger partial charge in [0.1, 0.15) is 5.69 Å². The molecule has 2 fully saturated rings. The molecule has 7 amide bonds. The predicted octanol–water partition coefficient (Wildman–Crippen LogP) is 7.65. The van der Waals surface area contributed by atoms with Crippen molar-refractivity contribution in [2.45, 2.75) is 116 Å². The van der Waals surface area contributed by atoms with Crippen molar-refractivity contribution in [3.05, 3.63) is 118 Å². The van der Waals surface area contributed by atoms with E-state index in [1.807, 2.05) is 55.5 Å². The Bertz CT molecular complexity index is 2350. The van der Waals surface area contributed by atoms with Gasteiger partial charge in [0.15, 0.2) is 0 Å². The number of carbonyl (C=O) groups is 6. The fourth-order valence-electron chi connectivity index (χ4n) is 9.27. The van der Waals surface area contributed by atoms with Crippen LogP contribution in [0.3, 0.4) is 0 Å². The van der Waals surface area contributed by atoms with Gasteiger partial charge in [0.05, 0.1) is 5.54 Å². The lowest BCUT2D eigenvalue weighted by molar-refractivity contribution is -0.120. The van der Waals surface area contributed by atoms with E-state index in [9.17, 15) is 28.8 Å². The number of anilines is 2. The van der Waals surface area contributed by atoms with Gasteiger partial charge in [-0.3, -0.25) is 39.1 Å². The van der Waals surface area contributed by atoms with Crippen molar-refractivity contribution in [2.75, 3.05) is 43.9 Å². The summed E-state index contributed by atoms with van der Waals surface area (Å²) < 4.78 is 2.20. The van der Waals surface area contributed by atoms with Crippen LogP contribution in [0.25, 0.3) is 0 Å². The second-order valence-corrected chi connectivity index (χ2v) is 18.0. The number of unbranched alkanes of at least 4 members (excludes halogenated alkanes) is 7. The van der Waals surface area contributed by atoms with E-state index in [0.29, 0.717) is 42.0 Å². The van der Waals surface area contributed by atoms with Crippen molar-refractivity contribution < 1.29 is 28.8 Å². The maximum atomic E-state index is 13.5. The lowest BCUT2D eigenvalue weighted by Gasteiger charge is -2.53. The third kappa shape index (κ3) is 11.5. The molecule has 14 heteroatoms. The highest BCUT2D eigenvalue weighted by Gasteiger charge is 2.48. The van der Waals surface area contributed by atoms with Crippen molar-refractivity contribution in [1.82, 2.24) is 30.3 Å². The largest absolute Gasteiger partial charge is 0.352 e. The van der Waals surface area contributed by atoms with Crippen LogP contribution in [-0.4, -0.2) is 83.7 Å². The second-order valence-electron chi connectivity index (χ2n) is 18.0. The zero-order chi connectivity index (χ0) is 45.9. The van der Waals surface area contributed by atoms with Crippen LogP contribution in [0.15, 0.2) is 78.9 Å². The predicted molar refractivity (Wildman–Crippen MR) is 252 cm³/mol. The van der Waals surface area contributed by atoms with E-state index in [1.54, 1.807) is 31.1 Å². The molecule has 3 heterocycles. The Balaban J connectivity index is 0.745. The minimum Gasteiger partial charge on any atom is -0.352 e. The van der Waals surface area contributed by atoms with Crippen LogP contribution in [0.1, 0.15) is 137 Å². The Kier molecular flexibility index (Phi) is 15.5. The number of amides is 7. The van der Waals surface area contributed by atoms with Gasteiger partial charge in [-0.1, -0.05) is 68.9 Å². The molecular formula is C51H64N8O6. The summed E-state index contributed by atoms with van der Waals surface area (Å²) in [4.78, 5) is 80.8. The normalized spacial score (nSPS) is 15.5. The third-order valence-electron chi connectivity index (χ3n) is 13.2. The van der Waals surface area contributed by atoms with Crippen molar-refractivity contribution in [3.63, 3.8) is 0 Å². The van der Waals surface area contributed by atoms with Crippen molar-refractivity contribution in [3.8, 4) is 0 Å². The van der Waals surface area contributed by atoms with E-state index >= 15 is 0 Å². The molecule has 3 aromatic carbocycles. The lowest BCUT2D eigenvalue weighted by atomic mass is 9.71. The van der Waals surface area contributed by atoms with Crippen LogP contribution in [0.4, 0.5) is 16.2 Å². The molecule has 65 heavy (non-hydrogen) atoms. The molecule has 0 atom stereocenters. The topological polar surface area (TPSA) is 165 Å². The number of aryl methyl sites for hydroxylation is 1. The monoisotopic (exact) mass is 884 g/mol. The van der Waals surface area contributed by atoms with Crippen LogP contribution in [0.5, 0.6) is 0 Å². The van der Waals surface area contributed by atoms with Crippen LogP contribution in [0, 0.1) is 6.92 Å². The van der Waals surface area contributed by atoms with Crippen LogP contribution in [0.2, 0.25) is 0 Å². The zero-order valence-corrected chi connectivity index (χ0v) is 38.2. The Morgan fingerprint density at radius 3 is 2.08 bits per heavy atom. The van der Waals surface area contributed by atoms with Gasteiger partial charge in [-0.15, -0.1) is 0 Å². The number of aromatic nitrogens is 1. The van der Waals surface area contributed by atoms with E-state index in [2.05, 4.69) is 48.9 Å². The highest BCUT2D eigenvalue weighted by molar-refractivity contribution is 6.06. The lowest BCUT2D eigenvalue weighted by Crippen LogP contribution is -2.56. The van der Waals surface area contributed by atoms with Gasteiger partial charge in [-0.2, -0.15) is 0 Å². The first-order chi connectivity index (χ1) is 31.4. The summed E-state index contributed by atoms with van der Waals surface area (Å²) in [5.74, 6) is -0.571. The molecular weight excluding hydrogens is 821 g/mol. The summed E-state index contributed by atoms with van der Waals surface area (Å²) >= 11 is 0. The summed E-state index contributed by atoms with van der Waals surface area (Å²) in [7, 11) is 3.52. The smallest absolute Gasteiger partial charge is 0.328 e. The van der Waals surface area contributed by atoms with Crippen molar-refractivity contribution >= 4 is 46.9 Å².